The normalized spacial score (nSPS) is 12.4. The van der Waals surface area contributed by atoms with Gasteiger partial charge in [0.1, 0.15) is 23.6 Å². The van der Waals surface area contributed by atoms with Gasteiger partial charge in [-0.15, -0.1) is 0 Å². The number of aromatic hydroxyl groups is 1. The molecule has 0 aliphatic carbocycles. The topological polar surface area (TPSA) is 116 Å². The van der Waals surface area contributed by atoms with Gasteiger partial charge >= 0.3 is 5.97 Å². The number of carbonyl (C=O) groups is 2. The van der Waals surface area contributed by atoms with E-state index in [1.807, 2.05) is 48.5 Å². The van der Waals surface area contributed by atoms with Crippen LogP contribution in [0.15, 0.2) is 60.8 Å². The molecular formula is C27H30N2O7. The number of nitrogens with zero attached hydrogens (tertiary/aromatic N) is 1. The number of nitrogens with one attached hydrogen (secondary N) is 1. The molecule has 1 heterocycles. The standard InChI is InChI=1S/C27H30N2O7/c1-16(29-26(31)24-25(30)22(35-5)12-13-28-24)27(32)36-17(2)23(18-8-6-10-20(14-18)33-3)19-9-7-11-21(15-19)34-4/h6-17,23,30H,1-5H3,(H,29,31)/t16-,17-/m0/s1. The third-order valence-corrected chi connectivity index (χ3v) is 5.70. The maximum atomic E-state index is 12.9. The highest BCUT2D eigenvalue weighted by molar-refractivity contribution is 5.97. The molecule has 0 radical (unpaired) electrons. The molecule has 9 heteroatoms. The zero-order valence-corrected chi connectivity index (χ0v) is 20.8. The number of pyridine rings is 1. The molecule has 1 aromatic heterocycles. The molecule has 0 aliphatic heterocycles. The largest absolute Gasteiger partial charge is 0.503 e. The quantitative estimate of drug-likeness (QED) is 0.410. The van der Waals surface area contributed by atoms with Gasteiger partial charge in [-0.3, -0.25) is 4.79 Å². The van der Waals surface area contributed by atoms with Crippen molar-refractivity contribution >= 4 is 11.9 Å². The average Bonchev–Trinajstić information content (AvgIpc) is 2.89. The summed E-state index contributed by atoms with van der Waals surface area (Å²) in [5.74, 6) is -0.697. The van der Waals surface area contributed by atoms with Crippen molar-refractivity contribution in [3.05, 3.63) is 77.6 Å². The van der Waals surface area contributed by atoms with Crippen LogP contribution in [0, 0.1) is 0 Å². The van der Waals surface area contributed by atoms with E-state index in [0.717, 1.165) is 11.1 Å². The van der Waals surface area contributed by atoms with Crippen molar-refractivity contribution in [2.24, 2.45) is 0 Å². The minimum Gasteiger partial charge on any atom is -0.503 e. The highest BCUT2D eigenvalue weighted by atomic mass is 16.5. The molecule has 2 N–H and O–H groups in total. The van der Waals surface area contributed by atoms with Crippen molar-refractivity contribution in [2.45, 2.75) is 31.9 Å². The molecule has 0 aliphatic rings. The lowest BCUT2D eigenvalue weighted by molar-refractivity contribution is -0.150. The minimum atomic E-state index is -1.01. The van der Waals surface area contributed by atoms with Gasteiger partial charge in [-0.25, -0.2) is 9.78 Å². The van der Waals surface area contributed by atoms with E-state index in [1.165, 1.54) is 26.3 Å². The van der Waals surface area contributed by atoms with Crippen LogP contribution in [0.4, 0.5) is 0 Å². The number of carbonyl (C=O) groups excluding carboxylic acids is 2. The summed E-state index contributed by atoms with van der Waals surface area (Å²) in [5, 5.41) is 12.7. The van der Waals surface area contributed by atoms with E-state index >= 15 is 0 Å². The highest BCUT2D eigenvalue weighted by Gasteiger charge is 2.29. The van der Waals surface area contributed by atoms with Crippen molar-refractivity contribution < 1.29 is 33.6 Å². The average molecular weight is 495 g/mol. The van der Waals surface area contributed by atoms with Gasteiger partial charge in [-0.05, 0) is 49.2 Å². The van der Waals surface area contributed by atoms with Gasteiger partial charge in [0, 0.05) is 18.2 Å². The van der Waals surface area contributed by atoms with Crippen molar-refractivity contribution in [2.75, 3.05) is 21.3 Å². The van der Waals surface area contributed by atoms with Crippen LogP contribution in [0.25, 0.3) is 0 Å². The first-order chi connectivity index (χ1) is 17.3. The smallest absolute Gasteiger partial charge is 0.328 e. The maximum Gasteiger partial charge on any atom is 0.328 e. The first kappa shape index (κ1) is 26.3. The summed E-state index contributed by atoms with van der Waals surface area (Å²) in [7, 11) is 4.53. The molecule has 0 bridgehead atoms. The van der Waals surface area contributed by atoms with E-state index in [2.05, 4.69) is 10.3 Å². The molecular weight excluding hydrogens is 464 g/mol. The van der Waals surface area contributed by atoms with Crippen LogP contribution in [-0.4, -0.2) is 55.4 Å². The summed E-state index contributed by atoms with van der Waals surface area (Å²) in [6.07, 6.45) is 0.713. The third-order valence-electron chi connectivity index (χ3n) is 5.70. The number of ether oxygens (including phenoxy) is 4. The van der Waals surface area contributed by atoms with Crippen LogP contribution in [0.2, 0.25) is 0 Å². The molecule has 2 atom stereocenters. The first-order valence-electron chi connectivity index (χ1n) is 11.3. The fourth-order valence-electron chi connectivity index (χ4n) is 3.85. The second kappa shape index (κ2) is 11.9. The van der Waals surface area contributed by atoms with Gasteiger partial charge in [-0.1, -0.05) is 24.3 Å². The summed E-state index contributed by atoms with van der Waals surface area (Å²) in [5.41, 5.74) is 1.50. The van der Waals surface area contributed by atoms with Gasteiger partial charge in [0.05, 0.1) is 21.3 Å². The van der Waals surface area contributed by atoms with Crippen molar-refractivity contribution in [3.63, 3.8) is 0 Å². The molecule has 0 spiro atoms. The predicted molar refractivity (Wildman–Crippen MR) is 133 cm³/mol. The van der Waals surface area contributed by atoms with E-state index in [4.69, 9.17) is 18.9 Å². The van der Waals surface area contributed by atoms with Crippen LogP contribution < -0.4 is 19.5 Å². The van der Waals surface area contributed by atoms with Crippen LogP contribution in [-0.2, 0) is 9.53 Å². The van der Waals surface area contributed by atoms with Crippen molar-refractivity contribution in [1.82, 2.24) is 10.3 Å². The Bertz CT molecular complexity index is 1170. The minimum absolute atomic E-state index is 0.0958. The van der Waals surface area contributed by atoms with Gasteiger partial charge in [0.2, 0.25) is 0 Å². The molecule has 3 aromatic rings. The lowest BCUT2D eigenvalue weighted by atomic mass is 9.87. The maximum absolute atomic E-state index is 12.9. The number of hydrogen-bond donors (Lipinski definition) is 2. The third kappa shape index (κ3) is 6.04. The van der Waals surface area contributed by atoms with E-state index in [1.54, 1.807) is 21.1 Å². The second-order valence-corrected chi connectivity index (χ2v) is 8.08. The Morgan fingerprint density at radius 1 is 0.889 bits per heavy atom. The molecule has 0 saturated carbocycles. The van der Waals surface area contributed by atoms with Crippen molar-refractivity contribution in [3.8, 4) is 23.0 Å². The molecule has 190 valence electrons. The molecule has 36 heavy (non-hydrogen) atoms. The van der Waals surface area contributed by atoms with Gasteiger partial charge in [0.15, 0.2) is 17.2 Å². The molecule has 9 nitrogen and oxygen atoms in total. The zero-order valence-electron chi connectivity index (χ0n) is 20.8. The molecule has 2 aromatic carbocycles. The number of amides is 1. The lowest BCUT2D eigenvalue weighted by Gasteiger charge is -2.27. The van der Waals surface area contributed by atoms with Crippen LogP contribution in [0.1, 0.15) is 41.4 Å². The van der Waals surface area contributed by atoms with Gasteiger partial charge in [-0.2, -0.15) is 0 Å². The number of esters is 1. The van der Waals surface area contributed by atoms with Crippen LogP contribution >= 0.6 is 0 Å². The number of rotatable bonds is 10. The van der Waals surface area contributed by atoms with E-state index in [9.17, 15) is 14.7 Å². The Kier molecular flexibility index (Phi) is 8.72. The van der Waals surface area contributed by atoms with E-state index in [0.29, 0.717) is 11.5 Å². The molecule has 1 amide bonds. The van der Waals surface area contributed by atoms with E-state index in [-0.39, 0.29) is 17.4 Å². The number of methoxy groups -OCH3 is 3. The Morgan fingerprint density at radius 3 is 2.00 bits per heavy atom. The summed E-state index contributed by atoms with van der Waals surface area (Å²) in [6, 6.07) is 15.4. The monoisotopic (exact) mass is 494 g/mol. The zero-order chi connectivity index (χ0) is 26.2. The summed E-state index contributed by atoms with van der Waals surface area (Å²) in [4.78, 5) is 29.5. The molecule has 3 rings (SSSR count). The predicted octanol–water partition coefficient (Wildman–Crippen LogP) is 3.70. The fraction of sp³-hybridized carbons (Fsp3) is 0.296. The second-order valence-electron chi connectivity index (χ2n) is 8.08. The fourth-order valence-corrected chi connectivity index (χ4v) is 3.85. The molecule has 0 fully saturated rings. The molecule has 0 unspecified atom stereocenters. The Balaban J connectivity index is 1.81. The highest BCUT2D eigenvalue weighted by Crippen LogP contribution is 2.34. The lowest BCUT2D eigenvalue weighted by Crippen LogP contribution is -2.41. The molecule has 0 saturated heterocycles. The van der Waals surface area contributed by atoms with Crippen molar-refractivity contribution in [1.29, 1.82) is 0 Å². The van der Waals surface area contributed by atoms with Crippen LogP contribution in [0.3, 0.4) is 0 Å². The first-order valence-corrected chi connectivity index (χ1v) is 11.3. The number of benzene rings is 2. The SMILES string of the molecule is COc1cccc(C(c2cccc(OC)c2)[C@H](C)OC(=O)[C@H](C)NC(=O)c2nccc(OC)c2O)c1. The van der Waals surface area contributed by atoms with Crippen LogP contribution in [0.5, 0.6) is 23.0 Å². The number of hydrogen-bond acceptors (Lipinski definition) is 8. The Hall–Kier alpha value is -4.27. The van der Waals surface area contributed by atoms with E-state index < -0.39 is 29.8 Å². The Morgan fingerprint density at radius 2 is 1.47 bits per heavy atom. The summed E-state index contributed by atoms with van der Waals surface area (Å²) >= 11 is 0. The number of aromatic nitrogens is 1. The summed E-state index contributed by atoms with van der Waals surface area (Å²) < 4.78 is 21.6. The van der Waals surface area contributed by atoms with Gasteiger partial charge < -0.3 is 29.4 Å². The van der Waals surface area contributed by atoms with Gasteiger partial charge in [0.25, 0.3) is 5.91 Å². The Labute approximate surface area is 210 Å². The summed E-state index contributed by atoms with van der Waals surface area (Å²) in [6.45, 7) is 3.28.